The van der Waals surface area contributed by atoms with E-state index < -0.39 is 23.6 Å². The third-order valence-electron chi connectivity index (χ3n) is 2.11. The predicted molar refractivity (Wildman–Crippen MR) is 57.5 cm³/mol. The van der Waals surface area contributed by atoms with Crippen LogP contribution in [-0.2, 0) is 11.2 Å². The van der Waals surface area contributed by atoms with Crippen molar-refractivity contribution in [3.63, 3.8) is 0 Å². The molecule has 1 unspecified atom stereocenters. The van der Waals surface area contributed by atoms with E-state index in [9.17, 15) is 13.6 Å². The molecule has 0 amide bonds. The quantitative estimate of drug-likeness (QED) is 0.794. The average Bonchev–Trinajstić information content (AvgIpc) is 2.24. The topological polar surface area (TPSA) is 63.3 Å². The van der Waals surface area contributed by atoms with Gasteiger partial charge < -0.3 is 10.8 Å². The molecule has 3 N–H and O–H groups in total. The predicted octanol–water partition coefficient (Wildman–Crippen LogP) is 1.64. The lowest BCUT2D eigenvalue weighted by Crippen LogP contribution is -2.33. The van der Waals surface area contributed by atoms with Gasteiger partial charge in [-0.3, -0.25) is 4.79 Å². The van der Waals surface area contributed by atoms with Crippen LogP contribution in [0.25, 0.3) is 0 Å². The Morgan fingerprint density at radius 2 is 2.19 bits per heavy atom. The van der Waals surface area contributed by atoms with Crippen LogP contribution in [0, 0.1) is 11.6 Å². The molecular formula is C10H11F2NO2S. The highest BCUT2D eigenvalue weighted by atomic mass is 32.2. The summed E-state index contributed by atoms with van der Waals surface area (Å²) >= 11 is 1.12. The van der Waals surface area contributed by atoms with Gasteiger partial charge in [-0.1, -0.05) is 0 Å². The van der Waals surface area contributed by atoms with E-state index in [4.69, 9.17) is 10.8 Å². The van der Waals surface area contributed by atoms with Crippen molar-refractivity contribution in [1.29, 1.82) is 0 Å². The Balaban J connectivity index is 3.07. The molecule has 0 bridgehead atoms. The molecule has 0 spiro atoms. The fourth-order valence-corrected chi connectivity index (χ4v) is 1.73. The second kappa shape index (κ2) is 5.27. The van der Waals surface area contributed by atoms with Gasteiger partial charge in [0.05, 0.1) is 0 Å². The molecule has 1 rings (SSSR count). The first-order valence-electron chi connectivity index (χ1n) is 4.46. The lowest BCUT2D eigenvalue weighted by Gasteiger charge is -2.10. The average molecular weight is 247 g/mol. The monoisotopic (exact) mass is 247 g/mol. The number of thioether (sulfide) groups is 1. The number of carboxylic acid groups (broad SMARTS) is 1. The number of carbonyl (C=O) groups is 1. The van der Waals surface area contributed by atoms with Gasteiger partial charge >= 0.3 is 5.97 Å². The molecule has 16 heavy (non-hydrogen) atoms. The van der Waals surface area contributed by atoms with Crippen LogP contribution in [0.2, 0.25) is 0 Å². The zero-order valence-corrected chi connectivity index (χ0v) is 9.35. The van der Waals surface area contributed by atoms with Gasteiger partial charge in [0.2, 0.25) is 0 Å². The number of carboxylic acids is 1. The third-order valence-corrected chi connectivity index (χ3v) is 2.87. The van der Waals surface area contributed by atoms with Crippen LogP contribution in [0.15, 0.2) is 17.0 Å². The second-order valence-corrected chi connectivity index (χ2v) is 4.04. The second-order valence-electron chi connectivity index (χ2n) is 3.19. The molecule has 0 aliphatic heterocycles. The summed E-state index contributed by atoms with van der Waals surface area (Å²) in [7, 11) is 0. The summed E-state index contributed by atoms with van der Waals surface area (Å²) in [6.45, 7) is 0. The lowest BCUT2D eigenvalue weighted by atomic mass is 10.1. The molecule has 0 aliphatic carbocycles. The fourth-order valence-electron chi connectivity index (χ4n) is 1.23. The summed E-state index contributed by atoms with van der Waals surface area (Å²) in [5, 5.41) is 8.58. The van der Waals surface area contributed by atoms with Crippen LogP contribution in [0.5, 0.6) is 0 Å². The minimum atomic E-state index is -1.30. The minimum absolute atomic E-state index is 0.272. The van der Waals surface area contributed by atoms with Crippen LogP contribution in [0.1, 0.15) is 5.56 Å². The summed E-state index contributed by atoms with van der Waals surface area (Å²) in [5.74, 6) is -2.79. The van der Waals surface area contributed by atoms with E-state index >= 15 is 0 Å². The van der Waals surface area contributed by atoms with E-state index in [0.717, 1.165) is 17.8 Å². The highest BCUT2D eigenvalue weighted by Crippen LogP contribution is 2.24. The highest BCUT2D eigenvalue weighted by molar-refractivity contribution is 7.98. The minimum Gasteiger partial charge on any atom is -0.480 e. The van der Waals surface area contributed by atoms with E-state index in [1.165, 1.54) is 6.07 Å². The summed E-state index contributed by atoms with van der Waals surface area (Å²) in [6, 6.07) is 1.12. The summed E-state index contributed by atoms with van der Waals surface area (Å²) in [4.78, 5) is 10.8. The Bertz CT molecular complexity index is 412. The summed E-state index contributed by atoms with van der Waals surface area (Å²) in [6.07, 6.45) is 1.29. The molecule has 0 aromatic heterocycles. The van der Waals surface area contributed by atoms with E-state index in [1.807, 2.05) is 0 Å². The summed E-state index contributed by atoms with van der Waals surface area (Å²) < 4.78 is 26.9. The number of halogens is 2. The van der Waals surface area contributed by atoms with Crippen LogP contribution in [0.3, 0.4) is 0 Å². The fraction of sp³-hybridized carbons (Fsp3) is 0.300. The van der Waals surface area contributed by atoms with Crippen molar-refractivity contribution in [3.05, 3.63) is 29.3 Å². The first-order chi connectivity index (χ1) is 7.47. The molecule has 0 saturated carbocycles. The Labute approximate surface area is 95.6 Å². The lowest BCUT2D eigenvalue weighted by molar-refractivity contribution is -0.138. The van der Waals surface area contributed by atoms with Crippen molar-refractivity contribution in [3.8, 4) is 0 Å². The first kappa shape index (κ1) is 12.9. The van der Waals surface area contributed by atoms with Gasteiger partial charge in [0.1, 0.15) is 17.7 Å². The van der Waals surface area contributed by atoms with Crippen LogP contribution < -0.4 is 5.73 Å². The molecule has 1 atom stereocenters. The van der Waals surface area contributed by atoms with E-state index in [-0.39, 0.29) is 16.9 Å². The number of benzene rings is 1. The van der Waals surface area contributed by atoms with Gasteiger partial charge in [0, 0.05) is 16.9 Å². The number of nitrogens with two attached hydrogens (primary N) is 1. The van der Waals surface area contributed by atoms with Crippen LogP contribution >= 0.6 is 11.8 Å². The molecule has 0 fully saturated rings. The standard InChI is InChI=1S/C10H11F2NO2S/c1-16-8-3-2-6(11)5(9(8)12)4-7(13)10(14)15/h2-3,7H,4,13H2,1H3,(H,14,15). The third kappa shape index (κ3) is 2.70. The molecule has 0 radical (unpaired) electrons. The van der Waals surface area contributed by atoms with Crippen LogP contribution in [0.4, 0.5) is 8.78 Å². The highest BCUT2D eigenvalue weighted by Gasteiger charge is 2.19. The van der Waals surface area contributed by atoms with Gasteiger partial charge in [-0.2, -0.15) is 0 Å². The summed E-state index contributed by atoms with van der Waals surface area (Å²) in [5.41, 5.74) is 4.96. The number of rotatable bonds is 4. The van der Waals surface area contributed by atoms with Crippen molar-refractivity contribution in [2.45, 2.75) is 17.4 Å². The molecule has 3 nitrogen and oxygen atoms in total. The van der Waals surface area contributed by atoms with Crippen LogP contribution in [-0.4, -0.2) is 23.4 Å². The SMILES string of the molecule is CSc1ccc(F)c(CC(N)C(=O)O)c1F. The normalized spacial score (nSPS) is 12.5. The molecule has 0 aliphatic rings. The van der Waals surface area contributed by atoms with Crippen molar-refractivity contribution < 1.29 is 18.7 Å². The Hall–Kier alpha value is -1.14. The maximum atomic E-state index is 13.6. The van der Waals surface area contributed by atoms with Crippen molar-refractivity contribution >= 4 is 17.7 Å². The Kier molecular flexibility index (Phi) is 4.26. The van der Waals surface area contributed by atoms with Gasteiger partial charge in [0.15, 0.2) is 0 Å². The number of hydrogen-bond donors (Lipinski definition) is 2. The van der Waals surface area contributed by atoms with Crippen molar-refractivity contribution in [2.24, 2.45) is 5.73 Å². The zero-order valence-electron chi connectivity index (χ0n) is 8.54. The van der Waals surface area contributed by atoms with Gasteiger partial charge in [-0.25, -0.2) is 8.78 Å². The molecular weight excluding hydrogens is 236 g/mol. The maximum Gasteiger partial charge on any atom is 0.320 e. The molecule has 1 aromatic rings. The zero-order chi connectivity index (χ0) is 12.3. The molecule has 88 valence electrons. The molecule has 0 saturated heterocycles. The van der Waals surface area contributed by atoms with E-state index in [0.29, 0.717) is 0 Å². The smallest absolute Gasteiger partial charge is 0.320 e. The number of hydrogen-bond acceptors (Lipinski definition) is 3. The van der Waals surface area contributed by atoms with Gasteiger partial charge in [-0.15, -0.1) is 11.8 Å². The molecule has 6 heteroatoms. The van der Waals surface area contributed by atoms with Gasteiger partial charge in [-0.05, 0) is 18.4 Å². The molecule has 0 heterocycles. The Morgan fingerprint density at radius 1 is 1.56 bits per heavy atom. The van der Waals surface area contributed by atoms with Crippen molar-refractivity contribution in [2.75, 3.05) is 6.26 Å². The van der Waals surface area contributed by atoms with Crippen molar-refractivity contribution in [1.82, 2.24) is 0 Å². The maximum absolute atomic E-state index is 13.6. The first-order valence-corrected chi connectivity index (χ1v) is 5.69. The van der Waals surface area contributed by atoms with E-state index in [1.54, 1.807) is 6.26 Å². The number of aliphatic carboxylic acids is 1. The van der Waals surface area contributed by atoms with E-state index in [2.05, 4.69) is 0 Å². The Morgan fingerprint density at radius 3 is 2.69 bits per heavy atom. The largest absolute Gasteiger partial charge is 0.480 e. The van der Waals surface area contributed by atoms with Gasteiger partial charge in [0.25, 0.3) is 0 Å². The molecule has 1 aromatic carbocycles.